The van der Waals surface area contributed by atoms with Crippen LogP contribution in [0.5, 0.6) is 0 Å². The average Bonchev–Trinajstić information content (AvgIpc) is 2.90. The zero-order valence-corrected chi connectivity index (χ0v) is 14.2. The van der Waals surface area contributed by atoms with Gasteiger partial charge in [-0.15, -0.1) is 11.3 Å². The van der Waals surface area contributed by atoms with Gasteiger partial charge in [-0.3, -0.25) is 0 Å². The number of para-hydroxylation sites is 2. The zero-order valence-electron chi connectivity index (χ0n) is 13.4. The second-order valence-electron chi connectivity index (χ2n) is 5.92. The lowest BCUT2D eigenvalue weighted by molar-refractivity contribution is -0.00517. The van der Waals surface area contributed by atoms with Crippen LogP contribution in [-0.2, 0) is 11.3 Å². The van der Waals surface area contributed by atoms with Gasteiger partial charge in [0.05, 0.1) is 30.1 Å². The number of thiazole rings is 1. The van der Waals surface area contributed by atoms with Crippen molar-refractivity contribution >= 4 is 22.7 Å². The van der Waals surface area contributed by atoms with Crippen LogP contribution in [0.15, 0.2) is 29.6 Å². The molecule has 1 saturated heterocycles. The maximum absolute atomic E-state index is 5.84. The molecule has 4 nitrogen and oxygen atoms in total. The van der Waals surface area contributed by atoms with E-state index in [0.717, 1.165) is 36.0 Å². The number of morpholine rings is 1. The molecule has 118 valence electrons. The van der Waals surface area contributed by atoms with Gasteiger partial charge in [-0.25, -0.2) is 4.98 Å². The van der Waals surface area contributed by atoms with Crippen molar-refractivity contribution in [2.24, 2.45) is 0 Å². The van der Waals surface area contributed by atoms with Gasteiger partial charge in [0.25, 0.3) is 0 Å². The third-order valence-corrected chi connectivity index (χ3v) is 4.73. The minimum Gasteiger partial charge on any atom is -0.377 e. The van der Waals surface area contributed by atoms with E-state index in [0.29, 0.717) is 0 Å². The number of anilines is 2. The summed E-state index contributed by atoms with van der Waals surface area (Å²) in [6.45, 7) is 8.93. The van der Waals surface area contributed by atoms with Gasteiger partial charge < -0.3 is 15.0 Å². The predicted molar refractivity (Wildman–Crippen MR) is 92.8 cm³/mol. The third-order valence-electron chi connectivity index (χ3n) is 3.76. The summed E-state index contributed by atoms with van der Waals surface area (Å²) in [5, 5.41) is 6.75. The Morgan fingerprint density at radius 2 is 2.00 bits per heavy atom. The first-order valence-electron chi connectivity index (χ1n) is 7.76. The highest BCUT2D eigenvalue weighted by molar-refractivity contribution is 7.09. The molecule has 2 aromatic rings. The topological polar surface area (TPSA) is 37.4 Å². The number of aromatic nitrogens is 1. The molecule has 0 aliphatic carbocycles. The number of benzene rings is 1. The molecule has 0 radical (unpaired) electrons. The van der Waals surface area contributed by atoms with Gasteiger partial charge in [-0.2, -0.15) is 0 Å². The van der Waals surface area contributed by atoms with E-state index in [4.69, 9.17) is 4.74 Å². The molecule has 1 aliphatic heterocycles. The average molecular weight is 317 g/mol. The fourth-order valence-electron chi connectivity index (χ4n) is 2.93. The van der Waals surface area contributed by atoms with Crippen molar-refractivity contribution in [3.05, 3.63) is 40.3 Å². The Hall–Kier alpha value is -1.59. The highest BCUT2D eigenvalue weighted by Crippen LogP contribution is 2.29. The fraction of sp³-hybridized carbons (Fsp3) is 0.471. The van der Waals surface area contributed by atoms with Crippen molar-refractivity contribution < 1.29 is 4.74 Å². The van der Waals surface area contributed by atoms with Crippen molar-refractivity contribution in [3.63, 3.8) is 0 Å². The normalized spacial score (nSPS) is 21.9. The summed E-state index contributed by atoms with van der Waals surface area (Å²) in [5.74, 6) is 0. The standard InChI is InChI=1S/C17H23N3OS/c1-12-11-22-17(19-12)8-18-15-6-4-5-7-16(15)20-9-13(2)21-14(3)10-20/h4-7,11,13-14,18H,8-10H2,1-3H3/t13-,14-/m0/s1. The van der Waals surface area contributed by atoms with E-state index in [1.54, 1.807) is 11.3 Å². The summed E-state index contributed by atoms with van der Waals surface area (Å²) in [5.41, 5.74) is 3.50. The smallest absolute Gasteiger partial charge is 0.112 e. The van der Waals surface area contributed by atoms with Crippen LogP contribution in [0.3, 0.4) is 0 Å². The Kier molecular flexibility index (Phi) is 4.64. The lowest BCUT2D eigenvalue weighted by Gasteiger charge is -2.37. The molecular weight excluding hydrogens is 294 g/mol. The van der Waals surface area contributed by atoms with E-state index in [-0.39, 0.29) is 12.2 Å². The summed E-state index contributed by atoms with van der Waals surface area (Å²) >= 11 is 1.70. The van der Waals surface area contributed by atoms with E-state index >= 15 is 0 Å². The number of rotatable bonds is 4. The second-order valence-corrected chi connectivity index (χ2v) is 6.86. The van der Waals surface area contributed by atoms with Crippen LogP contribution in [0.4, 0.5) is 11.4 Å². The van der Waals surface area contributed by atoms with E-state index < -0.39 is 0 Å². The SMILES string of the molecule is Cc1csc(CNc2ccccc2N2C[C@H](C)O[C@@H](C)C2)n1. The second kappa shape index (κ2) is 6.67. The highest BCUT2D eigenvalue weighted by atomic mass is 32.1. The van der Waals surface area contributed by atoms with Crippen LogP contribution >= 0.6 is 11.3 Å². The summed E-state index contributed by atoms with van der Waals surface area (Å²) < 4.78 is 5.84. The van der Waals surface area contributed by atoms with Gasteiger partial charge in [0.15, 0.2) is 0 Å². The van der Waals surface area contributed by atoms with Crippen LogP contribution in [0, 0.1) is 6.92 Å². The maximum atomic E-state index is 5.84. The Morgan fingerprint density at radius 3 is 2.68 bits per heavy atom. The molecule has 1 fully saturated rings. The molecule has 0 saturated carbocycles. The van der Waals surface area contributed by atoms with Crippen LogP contribution in [0.1, 0.15) is 24.5 Å². The maximum Gasteiger partial charge on any atom is 0.112 e. The molecular formula is C17H23N3OS. The van der Waals surface area contributed by atoms with Crippen molar-refractivity contribution in [2.45, 2.75) is 39.5 Å². The van der Waals surface area contributed by atoms with E-state index in [1.807, 2.05) is 6.92 Å². The summed E-state index contributed by atoms with van der Waals surface area (Å²) in [6.07, 6.45) is 0.525. The molecule has 1 aromatic carbocycles. The largest absolute Gasteiger partial charge is 0.377 e. The molecule has 0 unspecified atom stereocenters. The quantitative estimate of drug-likeness (QED) is 0.933. The molecule has 0 amide bonds. The van der Waals surface area contributed by atoms with Gasteiger partial charge >= 0.3 is 0 Å². The minimum atomic E-state index is 0.262. The third kappa shape index (κ3) is 3.59. The van der Waals surface area contributed by atoms with Gasteiger partial charge in [-0.05, 0) is 32.9 Å². The van der Waals surface area contributed by atoms with Gasteiger partial charge in [-0.1, -0.05) is 12.1 Å². The van der Waals surface area contributed by atoms with Crippen LogP contribution in [0.25, 0.3) is 0 Å². The first-order valence-corrected chi connectivity index (χ1v) is 8.64. The lowest BCUT2D eigenvalue weighted by atomic mass is 10.1. The van der Waals surface area contributed by atoms with Crippen LogP contribution < -0.4 is 10.2 Å². The fourth-order valence-corrected chi connectivity index (χ4v) is 3.64. The van der Waals surface area contributed by atoms with Crippen molar-refractivity contribution in [1.29, 1.82) is 0 Å². The van der Waals surface area contributed by atoms with E-state index in [2.05, 4.69) is 58.7 Å². The van der Waals surface area contributed by atoms with Crippen LogP contribution in [-0.4, -0.2) is 30.3 Å². The molecule has 5 heteroatoms. The summed E-state index contributed by atoms with van der Waals surface area (Å²) in [7, 11) is 0. The predicted octanol–water partition coefficient (Wildman–Crippen LogP) is 3.68. The molecule has 1 aliphatic rings. The Balaban J connectivity index is 1.74. The first-order chi connectivity index (χ1) is 10.6. The summed E-state index contributed by atoms with van der Waals surface area (Å²) in [6, 6.07) is 8.49. The first kappa shape index (κ1) is 15.3. The molecule has 1 aromatic heterocycles. The molecule has 2 heterocycles. The Bertz CT molecular complexity index is 618. The number of hydrogen-bond acceptors (Lipinski definition) is 5. The minimum absolute atomic E-state index is 0.262. The highest BCUT2D eigenvalue weighted by Gasteiger charge is 2.23. The lowest BCUT2D eigenvalue weighted by Crippen LogP contribution is -2.45. The van der Waals surface area contributed by atoms with Crippen molar-refractivity contribution in [2.75, 3.05) is 23.3 Å². The Morgan fingerprint density at radius 1 is 1.27 bits per heavy atom. The van der Waals surface area contributed by atoms with Gasteiger partial charge in [0.1, 0.15) is 5.01 Å². The number of ether oxygens (including phenoxy) is 1. The van der Waals surface area contributed by atoms with Gasteiger partial charge in [0.2, 0.25) is 0 Å². The molecule has 2 atom stereocenters. The van der Waals surface area contributed by atoms with E-state index in [9.17, 15) is 0 Å². The van der Waals surface area contributed by atoms with E-state index in [1.165, 1.54) is 5.69 Å². The van der Waals surface area contributed by atoms with Crippen LogP contribution in [0.2, 0.25) is 0 Å². The monoisotopic (exact) mass is 317 g/mol. The zero-order chi connectivity index (χ0) is 15.5. The molecule has 0 bridgehead atoms. The molecule has 3 rings (SSSR count). The molecule has 22 heavy (non-hydrogen) atoms. The van der Waals surface area contributed by atoms with Gasteiger partial charge in [0, 0.05) is 24.2 Å². The number of hydrogen-bond donors (Lipinski definition) is 1. The summed E-state index contributed by atoms with van der Waals surface area (Å²) in [4.78, 5) is 6.93. The molecule has 0 spiro atoms. The Labute approximate surface area is 136 Å². The number of nitrogens with one attached hydrogen (secondary N) is 1. The number of nitrogens with zero attached hydrogens (tertiary/aromatic N) is 2. The number of aryl methyl sites for hydroxylation is 1. The van der Waals surface area contributed by atoms with Crippen molar-refractivity contribution in [3.8, 4) is 0 Å². The van der Waals surface area contributed by atoms with Crippen molar-refractivity contribution in [1.82, 2.24) is 4.98 Å². The molecule has 1 N–H and O–H groups in total.